The van der Waals surface area contributed by atoms with Gasteiger partial charge in [0.25, 0.3) is 0 Å². The van der Waals surface area contributed by atoms with Gasteiger partial charge >= 0.3 is 0 Å². The molecular formula is C9H12. The summed E-state index contributed by atoms with van der Waals surface area (Å²) in [5.41, 5.74) is 1.35. The Morgan fingerprint density at radius 2 is 2.11 bits per heavy atom. The fourth-order valence-corrected chi connectivity index (χ4v) is 0.973. The predicted octanol–water partition coefficient (Wildman–Crippen LogP) is 2.69. The fraction of sp³-hybridized carbons (Fsp3) is 0.333. The van der Waals surface area contributed by atoms with E-state index in [4.69, 9.17) is 0 Å². The normalized spacial score (nSPS) is 25.6. The number of rotatable bonds is 0. The third-order valence-corrected chi connectivity index (χ3v) is 1.41. The monoisotopic (exact) mass is 120 g/mol. The molecule has 9 heavy (non-hydrogen) atoms. The maximum atomic E-state index is 2.25. The second kappa shape index (κ2) is 2.67. The van der Waals surface area contributed by atoms with Crippen molar-refractivity contribution in [2.45, 2.75) is 13.8 Å². The maximum absolute atomic E-state index is 2.25. The average Bonchev–Trinajstić information content (AvgIpc) is 1.93. The van der Waals surface area contributed by atoms with Crippen LogP contribution in [0.2, 0.25) is 0 Å². The van der Waals surface area contributed by atoms with Crippen LogP contribution in [-0.2, 0) is 0 Å². The fourth-order valence-electron chi connectivity index (χ4n) is 0.973. The second-order valence-corrected chi connectivity index (χ2v) is 2.51. The van der Waals surface area contributed by atoms with Crippen LogP contribution in [0, 0.1) is 5.92 Å². The molecule has 1 aliphatic carbocycles. The Hall–Kier alpha value is -0.780. The van der Waals surface area contributed by atoms with Crippen molar-refractivity contribution in [3.8, 4) is 0 Å². The van der Waals surface area contributed by atoms with E-state index in [1.165, 1.54) is 5.57 Å². The van der Waals surface area contributed by atoms with E-state index in [2.05, 4.69) is 44.2 Å². The van der Waals surface area contributed by atoms with Crippen LogP contribution in [0.4, 0.5) is 0 Å². The van der Waals surface area contributed by atoms with Gasteiger partial charge in [-0.25, -0.2) is 0 Å². The van der Waals surface area contributed by atoms with Gasteiger partial charge in [0.1, 0.15) is 0 Å². The van der Waals surface area contributed by atoms with Crippen LogP contribution in [0.1, 0.15) is 13.8 Å². The molecule has 0 unspecified atom stereocenters. The summed E-state index contributed by atoms with van der Waals surface area (Å²) < 4.78 is 0. The third-order valence-electron chi connectivity index (χ3n) is 1.41. The summed E-state index contributed by atoms with van der Waals surface area (Å²) in [5, 5.41) is 0. The second-order valence-electron chi connectivity index (χ2n) is 2.51. The lowest BCUT2D eigenvalue weighted by Crippen LogP contribution is -1.80. The molecule has 1 aliphatic rings. The summed E-state index contributed by atoms with van der Waals surface area (Å²) in [4.78, 5) is 0. The van der Waals surface area contributed by atoms with E-state index in [1.807, 2.05) is 0 Å². The minimum Gasteiger partial charge on any atom is -0.0779 e. The summed E-state index contributed by atoms with van der Waals surface area (Å²) in [7, 11) is 0. The van der Waals surface area contributed by atoms with Crippen molar-refractivity contribution in [3.63, 3.8) is 0 Å². The highest BCUT2D eigenvalue weighted by atomic mass is 14.0. The van der Waals surface area contributed by atoms with Gasteiger partial charge in [-0.3, -0.25) is 0 Å². The summed E-state index contributed by atoms with van der Waals surface area (Å²) in [6.07, 6.45) is 10.7. The Morgan fingerprint density at radius 1 is 1.33 bits per heavy atom. The molecule has 1 atom stereocenters. The van der Waals surface area contributed by atoms with E-state index in [1.54, 1.807) is 0 Å². The van der Waals surface area contributed by atoms with Gasteiger partial charge in [0, 0.05) is 0 Å². The minimum atomic E-state index is 0.597. The molecule has 0 fully saturated rings. The molecular weight excluding hydrogens is 108 g/mol. The van der Waals surface area contributed by atoms with E-state index in [0.717, 1.165) is 0 Å². The molecule has 0 bridgehead atoms. The molecule has 0 amide bonds. The van der Waals surface area contributed by atoms with Crippen molar-refractivity contribution < 1.29 is 0 Å². The predicted molar refractivity (Wildman–Crippen MR) is 41.2 cm³/mol. The minimum absolute atomic E-state index is 0.597. The Labute approximate surface area is 56.6 Å². The van der Waals surface area contributed by atoms with E-state index < -0.39 is 0 Å². The smallest absolute Gasteiger partial charge is 0.00730 e. The molecule has 0 aromatic rings. The van der Waals surface area contributed by atoms with Crippen LogP contribution < -0.4 is 0 Å². The van der Waals surface area contributed by atoms with Crippen molar-refractivity contribution in [2.24, 2.45) is 5.92 Å². The van der Waals surface area contributed by atoms with E-state index in [0.29, 0.717) is 5.92 Å². The molecule has 0 aliphatic heterocycles. The molecule has 48 valence electrons. The summed E-state index contributed by atoms with van der Waals surface area (Å²) in [5.74, 6) is 0.597. The molecule has 0 heteroatoms. The molecule has 1 rings (SSSR count). The molecule has 0 nitrogen and oxygen atoms in total. The highest BCUT2D eigenvalue weighted by Gasteiger charge is 1.92. The van der Waals surface area contributed by atoms with Gasteiger partial charge in [0.05, 0.1) is 0 Å². The van der Waals surface area contributed by atoms with Crippen molar-refractivity contribution >= 4 is 0 Å². The first-order valence-corrected chi connectivity index (χ1v) is 3.32. The van der Waals surface area contributed by atoms with Gasteiger partial charge < -0.3 is 0 Å². The third kappa shape index (κ3) is 1.88. The zero-order chi connectivity index (χ0) is 6.69. The summed E-state index contributed by atoms with van der Waals surface area (Å²) >= 11 is 0. The van der Waals surface area contributed by atoms with Crippen LogP contribution in [0.5, 0.6) is 0 Å². The number of allylic oxidation sites excluding steroid dienone is 6. The molecule has 0 radical (unpaired) electrons. The van der Waals surface area contributed by atoms with Crippen LogP contribution in [0.15, 0.2) is 36.0 Å². The lowest BCUT2D eigenvalue weighted by atomic mass is 10.1. The van der Waals surface area contributed by atoms with Gasteiger partial charge in [-0.1, -0.05) is 42.9 Å². The van der Waals surface area contributed by atoms with E-state index >= 15 is 0 Å². The molecule has 0 N–H and O–H groups in total. The van der Waals surface area contributed by atoms with Crippen LogP contribution >= 0.6 is 0 Å². The van der Waals surface area contributed by atoms with Gasteiger partial charge in [0.15, 0.2) is 0 Å². The molecule has 0 saturated carbocycles. The first kappa shape index (κ1) is 6.34. The maximum Gasteiger partial charge on any atom is -0.00730 e. The topological polar surface area (TPSA) is 0 Å². The average molecular weight is 120 g/mol. The molecule has 0 spiro atoms. The molecule has 0 aromatic carbocycles. The van der Waals surface area contributed by atoms with Crippen LogP contribution in [0.3, 0.4) is 0 Å². The summed E-state index contributed by atoms with van der Waals surface area (Å²) in [6.45, 7) is 4.31. The van der Waals surface area contributed by atoms with Crippen LogP contribution in [0.25, 0.3) is 0 Å². The van der Waals surface area contributed by atoms with Crippen molar-refractivity contribution in [1.29, 1.82) is 0 Å². The van der Waals surface area contributed by atoms with Crippen molar-refractivity contribution in [1.82, 2.24) is 0 Å². The van der Waals surface area contributed by atoms with E-state index in [-0.39, 0.29) is 0 Å². The van der Waals surface area contributed by atoms with Crippen molar-refractivity contribution in [3.05, 3.63) is 36.0 Å². The Balaban J connectivity index is 2.77. The standard InChI is InChI=1S/C9H12/c1-8-5-3-4-6-9(2)7-8/h3-8H,1-2H3/t8-/m0/s1. The van der Waals surface area contributed by atoms with Crippen LogP contribution in [-0.4, -0.2) is 0 Å². The van der Waals surface area contributed by atoms with Gasteiger partial charge in [-0.2, -0.15) is 0 Å². The molecule has 0 aromatic heterocycles. The Kier molecular flexibility index (Phi) is 1.88. The molecule has 0 saturated heterocycles. The first-order chi connectivity index (χ1) is 4.29. The van der Waals surface area contributed by atoms with Gasteiger partial charge in [-0.15, -0.1) is 0 Å². The van der Waals surface area contributed by atoms with Crippen molar-refractivity contribution in [2.75, 3.05) is 0 Å². The zero-order valence-corrected chi connectivity index (χ0v) is 5.96. The lowest BCUT2D eigenvalue weighted by Gasteiger charge is -1.94. The quantitative estimate of drug-likeness (QED) is 0.461. The largest absolute Gasteiger partial charge is 0.0779 e. The highest BCUT2D eigenvalue weighted by molar-refractivity contribution is 5.25. The highest BCUT2D eigenvalue weighted by Crippen LogP contribution is 2.08. The SMILES string of the molecule is CC1=C[C@@H](C)C=CC=C1. The Morgan fingerprint density at radius 3 is 2.89 bits per heavy atom. The van der Waals surface area contributed by atoms with E-state index in [9.17, 15) is 0 Å². The molecule has 0 heterocycles. The number of hydrogen-bond acceptors (Lipinski definition) is 0. The lowest BCUT2D eigenvalue weighted by molar-refractivity contribution is 0.934. The van der Waals surface area contributed by atoms with Gasteiger partial charge in [0.2, 0.25) is 0 Å². The summed E-state index contributed by atoms with van der Waals surface area (Å²) in [6, 6.07) is 0. The zero-order valence-electron chi connectivity index (χ0n) is 5.96. The Bertz CT molecular complexity index is 170. The number of hydrogen-bond donors (Lipinski definition) is 0. The first-order valence-electron chi connectivity index (χ1n) is 3.32. The van der Waals surface area contributed by atoms with Gasteiger partial charge in [-0.05, 0) is 12.8 Å².